The molecule has 0 fully saturated rings. The van der Waals surface area contributed by atoms with E-state index >= 15 is 0 Å². The molecule has 0 saturated carbocycles. The van der Waals surface area contributed by atoms with Crippen molar-refractivity contribution in [3.05, 3.63) is 65.9 Å². The summed E-state index contributed by atoms with van der Waals surface area (Å²) >= 11 is 1.36. The van der Waals surface area contributed by atoms with Crippen LogP contribution in [0.5, 0.6) is 11.5 Å². The van der Waals surface area contributed by atoms with Crippen molar-refractivity contribution in [1.82, 2.24) is 10.1 Å². The van der Waals surface area contributed by atoms with Gasteiger partial charge in [-0.3, -0.25) is 0 Å². The predicted octanol–water partition coefficient (Wildman–Crippen LogP) is 3.50. The van der Waals surface area contributed by atoms with Crippen molar-refractivity contribution in [3.63, 3.8) is 0 Å². The Morgan fingerprint density at radius 1 is 1.09 bits per heavy atom. The summed E-state index contributed by atoms with van der Waals surface area (Å²) in [5.74, 6) is 1.64. The third-order valence-corrected chi connectivity index (χ3v) is 6.33. The number of allylic oxidation sites excluding steroid dienone is 1. The van der Waals surface area contributed by atoms with Crippen molar-refractivity contribution in [2.75, 3.05) is 19.1 Å². The monoisotopic (exact) mass is 463 g/mol. The molecule has 166 valence electrons. The number of nitrogens with zero attached hydrogens (tertiary/aromatic N) is 4. The summed E-state index contributed by atoms with van der Waals surface area (Å²) < 4.78 is 17.4. The fourth-order valence-electron chi connectivity index (χ4n) is 3.67. The molecule has 0 aliphatic carbocycles. The summed E-state index contributed by atoms with van der Waals surface area (Å²) in [7, 11) is 3.14. The first-order chi connectivity index (χ1) is 16.1. The summed E-state index contributed by atoms with van der Waals surface area (Å²) in [6.45, 7) is 0.0342. The summed E-state index contributed by atoms with van der Waals surface area (Å²) in [4.78, 5) is 32.2. The second-order valence-electron chi connectivity index (χ2n) is 7.23. The topological polar surface area (TPSA) is 97.8 Å². The van der Waals surface area contributed by atoms with Crippen LogP contribution >= 0.6 is 11.8 Å². The van der Waals surface area contributed by atoms with Crippen LogP contribution in [0.15, 0.2) is 64.5 Å². The number of ether oxygens (including phenoxy) is 2. The molecule has 1 aromatic heterocycles. The fourth-order valence-corrected chi connectivity index (χ4v) is 4.61. The smallest absolute Gasteiger partial charge is 0.497 e. The Bertz CT molecular complexity index is 1300. The van der Waals surface area contributed by atoms with E-state index in [4.69, 9.17) is 14.0 Å². The third-order valence-electron chi connectivity index (χ3n) is 5.32. The standard InChI is InChI=1S/C23H19N4O5S/c1-30-16-8-6-15(7-9-16)27-22(28)20-18(10-11-33-20)26(23(27)29)13-19-24-21(25-32-19)14-4-3-5-17(12-14)31-2/h3-12,20H,13H2,1-2H3/q+1. The molecule has 0 N–H and O–H groups in total. The zero-order valence-corrected chi connectivity index (χ0v) is 18.6. The number of carbonyl (C=O) groups is 2. The highest BCUT2D eigenvalue weighted by atomic mass is 32.2. The summed E-state index contributed by atoms with van der Waals surface area (Å²) in [6.07, 6.45) is 1.77. The number of anilines is 1. The third kappa shape index (κ3) is 3.78. The van der Waals surface area contributed by atoms with Gasteiger partial charge in [0.15, 0.2) is 11.8 Å². The average Bonchev–Trinajstić information content (AvgIpc) is 3.52. The number of methoxy groups -OCH3 is 2. The van der Waals surface area contributed by atoms with Gasteiger partial charge in [0, 0.05) is 5.56 Å². The van der Waals surface area contributed by atoms with Crippen LogP contribution in [-0.4, -0.2) is 51.8 Å². The minimum atomic E-state index is -0.523. The van der Waals surface area contributed by atoms with Crippen molar-refractivity contribution in [1.29, 1.82) is 0 Å². The largest absolute Gasteiger partial charge is 0.506 e. The Morgan fingerprint density at radius 2 is 1.88 bits per heavy atom. The van der Waals surface area contributed by atoms with Gasteiger partial charge in [-0.1, -0.05) is 17.3 Å². The van der Waals surface area contributed by atoms with Crippen LogP contribution in [0.25, 0.3) is 11.4 Å². The first-order valence-electron chi connectivity index (χ1n) is 10.0. The van der Waals surface area contributed by atoms with Gasteiger partial charge < -0.3 is 14.0 Å². The molecule has 0 bridgehead atoms. The number of hydrogen-bond donors (Lipinski definition) is 0. The van der Waals surface area contributed by atoms with Gasteiger partial charge in [-0.15, -0.1) is 16.7 Å². The SMILES string of the molecule is COc1ccc(N2C(=O)C3SC=CC3=[N+](Cc3nc(-c4cccc(OC)c4)no3)C2=O)cc1. The highest BCUT2D eigenvalue weighted by molar-refractivity contribution is 8.04. The molecule has 5 rings (SSSR count). The fraction of sp³-hybridized carbons (Fsp3) is 0.174. The van der Waals surface area contributed by atoms with E-state index in [9.17, 15) is 9.59 Å². The van der Waals surface area contributed by atoms with Crippen LogP contribution in [0, 0.1) is 0 Å². The van der Waals surface area contributed by atoms with Crippen LogP contribution in [-0.2, 0) is 11.3 Å². The summed E-state index contributed by atoms with van der Waals surface area (Å²) in [5.41, 5.74) is 1.79. The molecule has 0 spiro atoms. The van der Waals surface area contributed by atoms with Gasteiger partial charge in [0.25, 0.3) is 5.89 Å². The lowest BCUT2D eigenvalue weighted by atomic mass is 10.1. The molecule has 2 aliphatic heterocycles. The van der Waals surface area contributed by atoms with Gasteiger partial charge in [-0.25, -0.2) is 4.79 Å². The Balaban J connectivity index is 1.47. The highest BCUT2D eigenvalue weighted by Crippen LogP contribution is 2.32. The molecule has 0 saturated heterocycles. The minimum Gasteiger partial charge on any atom is -0.497 e. The molecule has 33 heavy (non-hydrogen) atoms. The second kappa shape index (κ2) is 8.55. The Labute approximate surface area is 193 Å². The van der Waals surface area contributed by atoms with Crippen molar-refractivity contribution < 1.29 is 28.2 Å². The molecule has 2 aliphatic rings. The van der Waals surface area contributed by atoms with Crippen LogP contribution < -0.4 is 14.4 Å². The number of urea groups is 1. The molecule has 3 aromatic rings. The van der Waals surface area contributed by atoms with E-state index in [-0.39, 0.29) is 18.3 Å². The van der Waals surface area contributed by atoms with Crippen LogP contribution in [0.3, 0.4) is 0 Å². The van der Waals surface area contributed by atoms with Gasteiger partial charge in [0.1, 0.15) is 22.9 Å². The van der Waals surface area contributed by atoms with Crippen molar-refractivity contribution >= 4 is 35.1 Å². The predicted molar refractivity (Wildman–Crippen MR) is 122 cm³/mol. The van der Waals surface area contributed by atoms with Gasteiger partial charge in [0.2, 0.25) is 5.82 Å². The lowest BCUT2D eigenvalue weighted by molar-refractivity contribution is -0.448. The molecular formula is C23H19N4O5S+. The number of imide groups is 1. The van der Waals surface area contributed by atoms with Crippen LogP contribution in [0.4, 0.5) is 10.5 Å². The zero-order valence-electron chi connectivity index (χ0n) is 17.8. The number of aromatic nitrogens is 2. The Hall–Kier alpha value is -3.92. The average molecular weight is 463 g/mol. The van der Waals surface area contributed by atoms with E-state index in [2.05, 4.69) is 10.1 Å². The molecule has 1 atom stereocenters. The molecule has 9 nitrogen and oxygen atoms in total. The number of amides is 3. The highest BCUT2D eigenvalue weighted by Gasteiger charge is 2.50. The first kappa shape index (κ1) is 21.0. The zero-order chi connectivity index (χ0) is 22.9. The normalized spacial score (nSPS) is 17.5. The van der Waals surface area contributed by atoms with Gasteiger partial charge in [-0.05, 0) is 47.9 Å². The number of carbonyl (C=O) groups excluding carboxylic acids is 2. The van der Waals surface area contributed by atoms with Crippen molar-refractivity contribution in [3.8, 4) is 22.9 Å². The molecule has 0 radical (unpaired) electrons. The molecule has 1 unspecified atom stereocenters. The molecule has 3 amide bonds. The molecular weight excluding hydrogens is 444 g/mol. The number of thioether (sulfide) groups is 1. The molecule has 2 aromatic carbocycles. The summed E-state index contributed by atoms with van der Waals surface area (Å²) in [5, 5.41) is 5.33. The number of rotatable bonds is 6. The Kier molecular flexibility index (Phi) is 5.43. The van der Waals surface area contributed by atoms with E-state index in [1.165, 1.54) is 21.2 Å². The van der Waals surface area contributed by atoms with E-state index in [0.717, 1.165) is 5.56 Å². The number of benzene rings is 2. The van der Waals surface area contributed by atoms with E-state index in [1.54, 1.807) is 50.6 Å². The van der Waals surface area contributed by atoms with E-state index < -0.39 is 11.3 Å². The van der Waals surface area contributed by atoms with Gasteiger partial charge in [0.05, 0.1) is 14.2 Å². The molecule has 10 heteroatoms. The summed E-state index contributed by atoms with van der Waals surface area (Å²) in [6, 6.07) is 13.6. The van der Waals surface area contributed by atoms with Crippen molar-refractivity contribution in [2.45, 2.75) is 11.8 Å². The van der Waals surface area contributed by atoms with Gasteiger partial charge >= 0.3 is 11.9 Å². The molecule has 3 heterocycles. The minimum absolute atomic E-state index is 0.0342. The van der Waals surface area contributed by atoms with Crippen molar-refractivity contribution in [2.24, 2.45) is 0 Å². The quantitative estimate of drug-likeness (QED) is 0.513. The maximum Gasteiger partial charge on any atom is 0.506 e. The Morgan fingerprint density at radius 3 is 2.64 bits per heavy atom. The van der Waals surface area contributed by atoms with Crippen LogP contribution in [0.1, 0.15) is 5.89 Å². The van der Waals surface area contributed by atoms with Gasteiger partial charge in [-0.2, -0.15) is 14.4 Å². The van der Waals surface area contributed by atoms with E-state index in [0.29, 0.717) is 28.7 Å². The van der Waals surface area contributed by atoms with Crippen LogP contribution in [0.2, 0.25) is 0 Å². The lowest BCUT2D eigenvalue weighted by Crippen LogP contribution is -2.55. The lowest BCUT2D eigenvalue weighted by Gasteiger charge is -2.23. The maximum absolute atomic E-state index is 13.4. The first-order valence-corrected chi connectivity index (χ1v) is 11.0. The maximum atomic E-state index is 13.4. The second-order valence-corrected chi connectivity index (χ2v) is 8.24. The van der Waals surface area contributed by atoms with E-state index in [1.807, 2.05) is 23.6 Å². The number of hydrogen-bond acceptors (Lipinski definition) is 8. The number of fused-ring (bicyclic) bond motifs is 1.